The number of rotatable bonds is 5. The molecule has 0 aliphatic carbocycles. The number of halogens is 1. The van der Waals surface area contributed by atoms with Gasteiger partial charge in [0, 0.05) is 0 Å². The van der Waals surface area contributed by atoms with E-state index in [1.165, 1.54) is 15.9 Å². The molecule has 0 aromatic heterocycles. The first-order chi connectivity index (χ1) is 12.2. The van der Waals surface area contributed by atoms with Crippen LogP contribution in [0.1, 0.15) is 5.56 Å². The van der Waals surface area contributed by atoms with Crippen molar-refractivity contribution in [3.63, 3.8) is 0 Å². The van der Waals surface area contributed by atoms with Crippen LogP contribution in [0.5, 0.6) is 0 Å². The Bertz CT molecular complexity index is 740. The Morgan fingerprint density at radius 1 is 0.760 bits per heavy atom. The van der Waals surface area contributed by atoms with E-state index < -0.39 is 13.9 Å². The fourth-order valence-corrected chi connectivity index (χ4v) is 5.23. The zero-order valence-electron chi connectivity index (χ0n) is 13.3. The fraction of sp³-hybridized carbons (Fsp3) is 0.0500. The van der Waals surface area contributed by atoms with Gasteiger partial charge in [-0.1, -0.05) is 48.5 Å². The molecule has 3 aromatic carbocycles. The Balaban J connectivity index is 0.00000109. The van der Waals surface area contributed by atoms with E-state index in [4.69, 9.17) is 5.11 Å². The summed E-state index contributed by atoms with van der Waals surface area (Å²) in [4.78, 5) is 10.8. The van der Waals surface area contributed by atoms with Gasteiger partial charge in [0.25, 0.3) is 0 Å². The van der Waals surface area contributed by atoms with E-state index in [1.54, 1.807) is 20.0 Å². The van der Waals surface area contributed by atoms with Crippen molar-refractivity contribution in [2.45, 2.75) is 6.42 Å². The quantitative estimate of drug-likeness (QED) is 0.388. The van der Waals surface area contributed by atoms with Crippen LogP contribution in [-0.4, -0.2) is 11.1 Å². The van der Waals surface area contributed by atoms with Crippen LogP contribution < -0.4 is 15.9 Å². The molecule has 0 unspecified atom stereocenters. The summed E-state index contributed by atoms with van der Waals surface area (Å²) in [7, 11) is 3.51. The molecule has 3 aromatic rings. The molecule has 2 nitrogen and oxygen atoms in total. The Kier molecular flexibility index (Phi) is 8.40. The molecule has 3 rings (SSSR count). The Hall–Kier alpha value is -1.41. The molecular weight excluding hydrogens is 536 g/mol. The Labute approximate surface area is 165 Å². The molecule has 0 spiro atoms. The monoisotopic (exact) mass is 553 g/mol. The molecule has 0 aliphatic heterocycles. The topological polar surface area (TPSA) is 37.3 Å². The van der Waals surface area contributed by atoms with Crippen LogP contribution in [0, 0.1) is 0 Å². The van der Waals surface area contributed by atoms with Gasteiger partial charge in [-0.15, -0.1) is 0 Å². The van der Waals surface area contributed by atoms with Crippen molar-refractivity contribution < 1.29 is 29.9 Å². The van der Waals surface area contributed by atoms with Gasteiger partial charge < -0.3 is 5.11 Å². The van der Waals surface area contributed by atoms with Crippen molar-refractivity contribution >= 4 is 39.0 Å². The molecule has 0 heterocycles. The number of hydrogen-bond donors (Lipinski definition) is 1. The van der Waals surface area contributed by atoms with Crippen LogP contribution >= 0.6 is 17.1 Å². The zero-order chi connectivity index (χ0) is 18.1. The predicted octanol–water partition coefficient (Wildman–Crippen LogP) is 3.49. The molecule has 0 amide bonds. The zero-order valence-corrected chi connectivity index (χ0v) is 17.2. The Morgan fingerprint density at radius 3 is 1.56 bits per heavy atom. The summed E-state index contributed by atoms with van der Waals surface area (Å²) in [5, 5.41) is 12.8. The van der Waals surface area contributed by atoms with E-state index in [0.29, 0.717) is 0 Å². The van der Waals surface area contributed by atoms with Crippen molar-refractivity contribution in [3.05, 3.63) is 90.5 Å². The van der Waals surface area contributed by atoms with Crippen molar-refractivity contribution in [2.24, 2.45) is 0 Å². The normalized spacial score (nSPS) is 10.1. The minimum atomic E-state index is -1.07. The van der Waals surface area contributed by atoms with Crippen molar-refractivity contribution in [3.8, 4) is 0 Å². The van der Waals surface area contributed by atoms with E-state index in [-0.39, 0.29) is 6.42 Å². The maximum absolute atomic E-state index is 10.8. The summed E-state index contributed by atoms with van der Waals surface area (Å²) >= 11 is 1.75. The second kappa shape index (κ2) is 10.6. The van der Waals surface area contributed by atoms with Crippen LogP contribution in [0.25, 0.3) is 0 Å². The first kappa shape index (κ1) is 19.9. The molecule has 0 saturated heterocycles. The molecule has 25 heavy (non-hydrogen) atoms. The average Bonchev–Trinajstić information content (AvgIpc) is 2.66. The van der Waals surface area contributed by atoms with E-state index in [9.17, 15) is 4.79 Å². The van der Waals surface area contributed by atoms with Crippen LogP contribution in [-0.2, 0) is 31.2 Å². The molecule has 0 atom stereocenters. The van der Waals surface area contributed by atoms with Gasteiger partial charge in [-0.25, -0.2) is 0 Å². The first-order valence-corrected chi connectivity index (χ1v) is 11.8. The van der Waals surface area contributed by atoms with Crippen molar-refractivity contribution in [1.82, 2.24) is 0 Å². The van der Waals surface area contributed by atoms with Gasteiger partial charge >= 0.3 is 35.1 Å². The SMILES string of the molecule is O=C(O)Cc1ccc([PH+](c2ccccc2)c2ccccc2)cc1.[Cl][Au]. The fourth-order valence-electron chi connectivity index (χ4n) is 2.67. The summed E-state index contributed by atoms with van der Waals surface area (Å²) in [6.07, 6.45) is 0.0685. The van der Waals surface area contributed by atoms with Crippen molar-refractivity contribution in [1.29, 1.82) is 0 Å². The number of carbonyl (C=O) groups is 1. The van der Waals surface area contributed by atoms with E-state index in [0.717, 1.165) is 5.56 Å². The molecule has 132 valence electrons. The number of carboxylic acid groups (broad SMARTS) is 1. The number of hydrogen-bond acceptors (Lipinski definition) is 1. The van der Waals surface area contributed by atoms with Crippen LogP contribution in [0.3, 0.4) is 0 Å². The van der Waals surface area contributed by atoms with E-state index in [2.05, 4.69) is 69.9 Å². The van der Waals surface area contributed by atoms with Gasteiger partial charge in [0.05, 0.1) is 14.3 Å². The third-order valence-electron chi connectivity index (χ3n) is 3.72. The molecule has 0 bridgehead atoms. The third kappa shape index (κ3) is 5.81. The second-order valence-electron chi connectivity index (χ2n) is 5.37. The first-order valence-electron chi connectivity index (χ1n) is 7.64. The van der Waals surface area contributed by atoms with Gasteiger partial charge in [-0.05, 0) is 42.0 Å². The number of benzene rings is 3. The molecule has 0 radical (unpaired) electrons. The van der Waals surface area contributed by atoms with Gasteiger partial charge in [0.15, 0.2) is 0 Å². The third-order valence-corrected chi connectivity index (χ3v) is 6.45. The number of aliphatic carboxylic acids is 1. The van der Waals surface area contributed by atoms with Gasteiger partial charge in [-0.2, -0.15) is 0 Å². The Morgan fingerprint density at radius 2 is 1.16 bits per heavy atom. The van der Waals surface area contributed by atoms with E-state index >= 15 is 0 Å². The molecular formula is C20H18AuClO2P+. The van der Waals surface area contributed by atoms with Crippen LogP contribution in [0.15, 0.2) is 84.9 Å². The molecule has 1 N–H and O–H groups in total. The predicted molar refractivity (Wildman–Crippen MR) is 104 cm³/mol. The number of carboxylic acids is 1. The molecule has 0 aliphatic rings. The van der Waals surface area contributed by atoms with Gasteiger partial charge in [0.1, 0.15) is 15.9 Å². The van der Waals surface area contributed by atoms with Crippen LogP contribution in [0.2, 0.25) is 0 Å². The molecule has 0 fully saturated rings. The summed E-state index contributed by atoms with van der Waals surface area (Å²) in [6.45, 7) is 0. The summed E-state index contributed by atoms with van der Waals surface area (Å²) < 4.78 is 0. The summed E-state index contributed by atoms with van der Waals surface area (Å²) in [5.41, 5.74) is 0.837. The molecule has 0 saturated carbocycles. The standard InChI is InChI=1S/C20H17O2P.Au.ClH/c21-20(22)15-16-11-13-19(14-12-16)23(17-7-3-1-4-8-17)18-9-5-2-6-10-18;;/h1-14H,15H2,(H,21,22);;1H/q;+1;. The van der Waals surface area contributed by atoms with E-state index in [1.807, 2.05) is 24.3 Å². The minimum absolute atomic E-state index is 0.0685. The maximum atomic E-state index is 10.8. The van der Waals surface area contributed by atoms with Crippen molar-refractivity contribution in [2.75, 3.05) is 0 Å². The van der Waals surface area contributed by atoms with Crippen LogP contribution in [0.4, 0.5) is 0 Å². The van der Waals surface area contributed by atoms with Gasteiger partial charge in [0.2, 0.25) is 0 Å². The molecule has 5 heteroatoms. The second-order valence-corrected chi connectivity index (χ2v) is 7.86. The van der Waals surface area contributed by atoms with Gasteiger partial charge in [-0.3, -0.25) is 4.79 Å². The average molecular weight is 554 g/mol. The summed E-state index contributed by atoms with van der Waals surface area (Å²) in [6, 6.07) is 29.1. The summed E-state index contributed by atoms with van der Waals surface area (Å²) in [5.74, 6) is -0.797.